The highest BCUT2D eigenvalue weighted by Crippen LogP contribution is 2.30. The molecule has 1 heterocycles. The minimum Gasteiger partial charge on any atom is -0.479 e. The van der Waals surface area contributed by atoms with E-state index < -0.39 is 17.2 Å². The summed E-state index contributed by atoms with van der Waals surface area (Å²) in [5, 5.41) is 2.60. The third-order valence-electron chi connectivity index (χ3n) is 2.08. The Morgan fingerprint density at radius 3 is 2.93 bits per heavy atom. The normalized spacial score (nSPS) is 21.2. The van der Waals surface area contributed by atoms with Crippen LogP contribution in [0.25, 0.3) is 0 Å². The summed E-state index contributed by atoms with van der Waals surface area (Å²) in [5.74, 6) is 0.250. The fourth-order valence-electron chi connectivity index (χ4n) is 1.30. The summed E-state index contributed by atoms with van der Waals surface area (Å²) < 4.78 is 24.9. The zero-order chi connectivity index (χ0) is 11.0. The molecule has 15 heavy (non-hydrogen) atoms. The van der Waals surface area contributed by atoms with Gasteiger partial charge in [0.1, 0.15) is 5.75 Å². The molecule has 0 bridgehead atoms. The number of amides is 1. The molecule has 1 amide bonds. The van der Waals surface area contributed by atoms with Crippen molar-refractivity contribution in [1.29, 1.82) is 0 Å². The van der Waals surface area contributed by atoms with Crippen LogP contribution in [-0.2, 0) is 15.9 Å². The maximum atomic E-state index is 11.3. The SMILES string of the molecule is CC1Oc2ccc(S(=O)O)cc2NC1=O. The van der Waals surface area contributed by atoms with Crippen molar-refractivity contribution < 1.29 is 18.3 Å². The van der Waals surface area contributed by atoms with Gasteiger partial charge in [-0.25, -0.2) is 4.21 Å². The van der Waals surface area contributed by atoms with Crippen LogP contribution in [0, 0.1) is 0 Å². The molecule has 5 nitrogen and oxygen atoms in total. The van der Waals surface area contributed by atoms with Crippen LogP contribution >= 0.6 is 0 Å². The summed E-state index contributed by atoms with van der Waals surface area (Å²) in [6.07, 6.45) is -0.539. The van der Waals surface area contributed by atoms with Gasteiger partial charge < -0.3 is 14.6 Å². The van der Waals surface area contributed by atoms with Crippen LogP contribution < -0.4 is 10.1 Å². The fraction of sp³-hybridized carbons (Fsp3) is 0.222. The quantitative estimate of drug-likeness (QED) is 0.701. The lowest BCUT2D eigenvalue weighted by atomic mass is 10.2. The van der Waals surface area contributed by atoms with E-state index in [1.54, 1.807) is 13.0 Å². The summed E-state index contributed by atoms with van der Waals surface area (Å²) in [5.41, 5.74) is 0.429. The minimum absolute atomic E-state index is 0.229. The van der Waals surface area contributed by atoms with Crippen LogP contribution in [-0.4, -0.2) is 20.8 Å². The first-order valence-electron chi connectivity index (χ1n) is 4.30. The van der Waals surface area contributed by atoms with Crippen LogP contribution in [0.4, 0.5) is 5.69 Å². The van der Waals surface area contributed by atoms with Crippen LogP contribution in [0.2, 0.25) is 0 Å². The minimum atomic E-state index is -2.05. The molecule has 0 saturated carbocycles. The first-order valence-corrected chi connectivity index (χ1v) is 5.41. The molecule has 0 radical (unpaired) electrons. The zero-order valence-electron chi connectivity index (χ0n) is 7.89. The van der Waals surface area contributed by atoms with E-state index in [2.05, 4.69) is 5.32 Å². The zero-order valence-corrected chi connectivity index (χ0v) is 8.71. The van der Waals surface area contributed by atoms with Gasteiger partial charge in [-0.3, -0.25) is 4.79 Å². The molecule has 1 aliphatic rings. The number of hydrogen-bond donors (Lipinski definition) is 2. The second-order valence-corrected chi connectivity index (χ2v) is 4.13. The van der Waals surface area contributed by atoms with Crippen LogP contribution in [0.15, 0.2) is 23.1 Å². The molecule has 1 aromatic carbocycles. The average molecular weight is 227 g/mol. The third-order valence-corrected chi connectivity index (χ3v) is 2.74. The van der Waals surface area contributed by atoms with Crippen LogP contribution in [0.1, 0.15) is 6.92 Å². The van der Waals surface area contributed by atoms with E-state index in [9.17, 15) is 9.00 Å². The summed E-state index contributed by atoms with van der Waals surface area (Å²) >= 11 is -2.05. The van der Waals surface area contributed by atoms with Gasteiger partial charge in [0.2, 0.25) is 0 Å². The molecule has 0 aromatic heterocycles. The Bertz CT molecular complexity index is 446. The molecule has 0 aliphatic carbocycles. The Morgan fingerprint density at radius 2 is 2.27 bits per heavy atom. The number of fused-ring (bicyclic) bond motifs is 1. The Morgan fingerprint density at radius 1 is 1.53 bits per heavy atom. The van der Waals surface area contributed by atoms with Gasteiger partial charge in [-0.1, -0.05) is 0 Å². The van der Waals surface area contributed by atoms with Gasteiger partial charge in [0.05, 0.1) is 10.6 Å². The molecule has 6 heteroatoms. The molecule has 0 saturated heterocycles. The molecule has 2 atom stereocenters. The summed E-state index contributed by atoms with van der Waals surface area (Å²) in [6.45, 7) is 1.64. The lowest BCUT2D eigenvalue weighted by molar-refractivity contribution is -0.122. The number of nitrogens with one attached hydrogen (secondary N) is 1. The number of benzene rings is 1. The third kappa shape index (κ3) is 1.86. The lowest BCUT2D eigenvalue weighted by Crippen LogP contribution is -2.34. The first-order chi connectivity index (χ1) is 7.08. The number of hydrogen-bond acceptors (Lipinski definition) is 3. The lowest BCUT2D eigenvalue weighted by Gasteiger charge is -2.23. The van der Waals surface area contributed by atoms with E-state index in [1.807, 2.05) is 0 Å². The Kier molecular flexibility index (Phi) is 2.45. The largest absolute Gasteiger partial charge is 0.479 e. The number of carbonyl (C=O) groups is 1. The van der Waals surface area contributed by atoms with Crippen molar-refractivity contribution in [2.45, 2.75) is 17.9 Å². The van der Waals surface area contributed by atoms with Crippen molar-refractivity contribution in [3.8, 4) is 5.75 Å². The Balaban J connectivity index is 2.41. The number of ether oxygens (including phenoxy) is 1. The second-order valence-electron chi connectivity index (χ2n) is 3.16. The smallest absolute Gasteiger partial charge is 0.265 e. The van der Waals surface area contributed by atoms with Crippen molar-refractivity contribution in [2.75, 3.05) is 5.32 Å². The van der Waals surface area contributed by atoms with E-state index in [-0.39, 0.29) is 10.8 Å². The molecule has 1 aliphatic heterocycles. The molecule has 2 rings (SSSR count). The van der Waals surface area contributed by atoms with Crippen molar-refractivity contribution in [3.05, 3.63) is 18.2 Å². The first kappa shape index (κ1) is 10.1. The predicted octanol–water partition coefficient (Wildman–Crippen LogP) is 0.987. The maximum Gasteiger partial charge on any atom is 0.265 e. The molecule has 2 unspecified atom stereocenters. The average Bonchev–Trinajstić information content (AvgIpc) is 2.19. The van der Waals surface area contributed by atoms with Crippen molar-refractivity contribution in [2.24, 2.45) is 0 Å². The molecular formula is C9H9NO4S. The van der Waals surface area contributed by atoms with Crippen LogP contribution in [0.5, 0.6) is 5.75 Å². The van der Waals surface area contributed by atoms with E-state index in [1.165, 1.54) is 12.1 Å². The second kappa shape index (κ2) is 3.63. The molecule has 0 spiro atoms. The highest BCUT2D eigenvalue weighted by Gasteiger charge is 2.23. The van der Waals surface area contributed by atoms with Gasteiger partial charge in [-0.2, -0.15) is 0 Å². The van der Waals surface area contributed by atoms with Gasteiger partial charge in [0.25, 0.3) is 5.91 Å². The number of rotatable bonds is 1. The maximum absolute atomic E-state index is 11.3. The van der Waals surface area contributed by atoms with E-state index in [0.29, 0.717) is 11.4 Å². The monoisotopic (exact) mass is 227 g/mol. The molecule has 1 aromatic rings. The van der Waals surface area contributed by atoms with E-state index in [4.69, 9.17) is 9.29 Å². The van der Waals surface area contributed by atoms with E-state index in [0.717, 1.165) is 0 Å². The standard InChI is InChI=1S/C9H9NO4S/c1-5-9(11)10-7-4-6(15(12)13)2-3-8(7)14-5/h2-5H,1H3,(H,10,11)(H,12,13). The predicted molar refractivity (Wildman–Crippen MR) is 54.2 cm³/mol. The molecule has 0 fully saturated rings. The Labute approximate surface area is 88.7 Å². The Hall–Kier alpha value is -1.40. The summed E-state index contributed by atoms with van der Waals surface area (Å²) in [6, 6.07) is 4.48. The molecular weight excluding hydrogens is 218 g/mol. The van der Waals surface area contributed by atoms with Gasteiger partial charge in [0, 0.05) is 0 Å². The van der Waals surface area contributed by atoms with Crippen LogP contribution in [0.3, 0.4) is 0 Å². The molecule has 2 N–H and O–H groups in total. The summed E-state index contributed by atoms with van der Waals surface area (Å²) in [4.78, 5) is 11.5. The van der Waals surface area contributed by atoms with Crippen molar-refractivity contribution >= 4 is 22.7 Å². The summed E-state index contributed by atoms with van der Waals surface area (Å²) in [7, 11) is 0. The topological polar surface area (TPSA) is 75.6 Å². The van der Waals surface area contributed by atoms with Gasteiger partial charge in [-0.05, 0) is 25.1 Å². The highest BCUT2D eigenvalue weighted by atomic mass is 32.2. The highest BCUT2D eigenvalue weighted by molar-refractivity contribution is 7.79. The van der Waals surface area contributed by atoms with Crippen molar-refractivity contribution in [3.63, 3.8) is 0 Å². The number of anilines is 1. The number of carbonyl (C=O) groups excluding carboxylic acids is 1. The fourth-order valence-corrected chi connectivity index (χ4v) is 1.70. The van der Waals surface area contributed by atoms with Gasteiger partial charge >= 0.3 is 0 Å². The van der Waals surface area contributed by atoms with E-state index >= 15 is 0 Å². The van der Waals surface area contributed by atoms with Gasteiger partial charge in [-0.15, -0.1) is 0 Å². The molecule has 80 valence electrons. The van der Waals surface area contributed by atoms with Crippen molar-refractivity contribution in [1.82, 2.24) is 0 Å². The van der Waals surface area contributed by atoms with Gasteiger partial charge in [0.15, 0.2) is 17.2 Å².